The van der Waals surface area contributed by atoms with E-state index in [4.69, 9.17) is 10.8 Å². The first-order valence-corrected chi connectivity index (χ1v) is 8.61. The predicted octanol–water partition coefficient (Wildman–Crippen LogP) is 0.574. The van der Waals surface area contributed by atoms with Crippen LogP contribution in [0.5, 0.6) is 0 Å². The van der Waals surface area contributed by atoms with Gasteiger partial charge in [0.15, 0.2) is 10.7 Å². The van der Waals surface area contributed by atoms with E-state index in [9.17, 15) is 8.42 Å². The highest BCUT2D eigenvalue weighted by Gasteiger charge is 2.30. The first kappa shape index (κ1) is 17.2. The molecule has 0 amide bonds. The van der Waals surface area contributed by atoms with Gasteiger partial charge in [0, 0.05) is 27.2 Å². The van der Waals surface area contributed by atoms with Crippen LogP contribution in [0.1, 0.15) is 19.8 Å². The number of rotatable bonds is 8. The van der Waals surface area contributed by atoms with Crippen molar-refractivity contribution in [2.45, 2.75) is 24.7 Å². The fourth-order valence-corrected chi connectivity index (χ4v) is 3.97. The monoisotopic (exact) mass is 322 g/mol. The number of aliphatic hydroxyl groups excluding tert-OH is 1. The highest BCUT2D eigenvalue weighted by molar-refractivity contribution is 7.89. The summed E-state index contributed by atoms with van der Waals surface area (Å²) in [7, 11) is -0.736. The Bertz CT molecular complexity index is 528. The third kappa shape index (κ3) is 3.60. The zero-order chi connectivity index (χ0) is 15.3. The lowest BCUT2D eigenvalue weighted by Crippen LogP contribution is -2.30. The number of sulfonamides is 1. The van der Waals surface area contributed by atoms with Gasteiger partial charge in [-0.05, 0) is 18.0 Å². The lowest BCUT2D eigenvalue weighted by atomic mass is 10.3. The Morgan fingerprint density at radius 1 is 1.35 bits per heavy atom. The summed E-state index contributed by atoms with van der Waals surface area (Å²) in [6.07, 6.45) is 1.88. The summed E-state index contributed by atoms with van der Waals surface area (Å²) < 4.78 is 29.8. The number of hydrogen-bond acceptors (Lipinski definition) is 7. The molecule has 0 fully saturated rings. The van der Waals surface area contributed by atoms with Gasteiger partial charge in [-0.3, -0.25) is 0 Å². The van der Waals surface area contributed by atoms with Crippen molar-refractivity contribution in [3.05, 3.63) is 0 Å². The van der Waals surface area contributed by atoms with Gasteiger partial charge in [-0.25, -0.2) is 12.7 Å². The fraction of sp³-hybridized carbons (Fsp3) is 0.727. The van der Waals surface area contributed by atoms with Crippen molar-refractivity contribution in [3.63, 3.8) is 0 Å². The summed E-state index contributed by atoms with van der Waals surface area (Å²) in [5.74, 6) is 0.0122. The molecule has 0 aromatic carbocycles. The minimum absolute atomic E-state index is 0.0122. The molecule has 0 atom stereocenters. The second-order valence-electron chi connectivity index (χ2n) is 4.55. The van der Waals surface area contributed by atoms with Gasteiger partial charge in [-0.2, -0.15) is 4.37 Å². The van der Waals surface area contributed by atoms with Crippen molar-refractivity contribution in [2.75, 3.05) is 44.4 Å². The first-order chi connectivity index (χ1) is 9.36. The van der Waals surface area contributed by atoms with Crippen LogP contribution in [0.15, 0.2) is 4.90 Å². The van der Waals surface area contributed by atoms with E-state index in [1.165, 1.54) is 14.1 Å². The molecule has 0 spiro atoms. The molecular formula is C11H22N4O3S2. The Morgan fingerprint density at radius 2 is 2.00 bits per heavy atom. The Labute approximate surface area is 124 Å². The van der Waals surface area contributed by atoms with Crippen molar-refractivity contribution in [2.24, 2.45) is 0 Å². The molecule has 0 aliphatic carbocycles. The second kappa shape index (κ2) is 7.21. The van der Waals surface area contributed by atoms with Crippen LogP contribution in [-0.4, -0.2) is 56.0 Å². The number of aliphatic hydroxyl groups is 1. The summed E-state index contributed by atoms with van der Waals surface area (Å²) >= 11 is 1.05. The molecule has 0 saturated heterocycles. The van der Waals surface area contributed by atoms with Crippen LogP contribution in [0.4, 0.5) is 10.8 Å². The maximum Gasteiger partial charge on any atom is 0.249 e. The lowest BCUT2D eigenvalue weighted by molar-refractivity contribution is 0.301. The molecule has 1 heterocycles. The molecule has 0 saturated carbocycles. The van der Waals surface area contributed by atoms with Crippen LogP contribution < -0.4 is 10.6 Å². The molecule has 116 valence electrons. The summed E-state index contributed by atoms with van der Waals surface area (Å²) in [6.45, 7) is 3.02. The van der Waals surface area contributed by atoms with Crippen LogP contribution in [0.3, 0.4) is 0 Å². The normalized spacial score (nSPS) is 12.1. The molecule has 0 radical (unpaired) electrons. The SMILES string of the molecule is CCCCN(CCO)c1snc(N)c1S(=O)(=O)N(C)C. The maximum atomic E-state index is 12.3. The predicted molar refractivity (Wildman–Crippen MR) is 81.6 cm³/mol. The van der Waals surface area contributed by atoms with Crippen molar-refractivity contribution >= 4 is 32.4 Å². The second-order valence-corrected chi connectivity index (χ2v) is 7.39. The quantitative estimate of drug-likeness (QED) is 0.726. The van der Waals surface area contributed by atoms with Gasteiger partial charge >= 0.3 is 0 Å². The third-order valence-electron chi connectivity index (χ3n) is 2.83. The topological polar surface area (TPSA) is 99.8 Å². The number of aromatic nitrogens is 1. The molecular weight excluding hydrogens is 300 g/mol. The van der Waals surface area contributed by atoms with E-state index < -0.39 is 10.0 Å². The Hall–Kier alpha value is -0.900. The molecule has 1 aromatic heterocycles. The third-order valence-corrected chi connectivity index (χ3v) is 5.77. The number of nitrogens with zero attached hydrogens (tertiary/aromatic N) is 3. The van der Waals surface area contributed by atoms with Gasteiger partial charge in [0.2, 0.25) is 10.0 Å². The number of hydrogen-bond donors (Lipinski definition) is 2. The minimum atomic E-state index is -3.65. The van der Waals surface area contributed by atoms with Crippen LogP contribution in [0, 0.1) is 0 Å². The average Bonchev–Trinajstić information content (AvgIpc) is 2.76. The van der Waals surface area contributed by atoms with Crippen LogP contribution in [-0.2, 0) is 10.0 Å². The van der Waals surface area contributed by atoms with Gasteiger partial charge in [0.25, 0.3) is 0 Å². The van der Waals surface area contributed by atoms with Crippen LogP contribution in [0.25, 0.3) is 0 Å². The fourth-order valence-electron chi connectivity index (χ4n) is 1.70. The molecule has 0 unspecified atom stereocenters. The lowest BCUT2D eigenvalue weighted by Gasteiger charge is -2.23. The molecule has 7 nitrogen and oxygen atoms in total. The molecule has 20 heavy (non-hydrogen) atoms. The summed E-state index contributed by atoms with van der Waals surface area (Å²) in [4.78, 5) is 1.87. The average molecular weight is 322 g/mol. The number of unbranched alkanes of at least 4 members (excludes halogenated alkanes) is 1. The Morgan fingerprint density at radius 3 is 2.50 bits per heavy atom. The van der Waals surface area contributed by atoms with E-state index in [0.717, 1.165) is 28.7 Å². The highest BCUT2D eigenvalue weighted by atomic mass is 32.2. The number of anilines is 2. The van der Waals surface area contributed by atoms with Crippen LogP contribution >= 0.6 is 11.5 Å². The van der Waals surface area contributed by atoms with E-state index in [1.807, 2.05) is 4.90 Å². The Kier molecular flexibility index (Phi) is 6.18. The first-order valence-electron chi connectivity index (χ1n) is 6.39. The molecule has 0 bridgehead atoms. The van der Waals surface area contributed by atoms with Gasteiger partial charge in [-0.1, -0.05) is 13.3 Å². The van der Waals surface area contributed by atoms with Gasteiger partial charge < -0.3 is 15.7 Å². The smallest absolute Gasteiger partial charge is 0.249 e. The van der Waals surface area contributed by atoms with E-state index in [0.29, 0.717) is 18.1 Å². The van der Waals surface area contributed by atoms with Crippen molar-refractivity contribution in [3.8, 4) is 0 Å². The number of nitrogen functional groups attached to an aromatic ring is 1. The van der Waals surface area contributed by atoms with Crippen molar-refractivity contribution in [1.29, 1.82) is 0 Å². The van der Waals surface area contributed by atoms with Crippen molar-refractivity contribution < 1.29 is 13.5 Å². The van der Waals surface area contributed by atoms with E-state index in [2.05, 4.69) is 11.3 Å². The minimum Gasteiger partial charge on any atom is -0.395 e. The zero-order valence-corrected chi connectivity index (χ0v) is 13.7. The van der Waals surface area contributed by atoms with E-state index in [1.54, 1.807) is 0 Å². The zero-order valence-electron chi connectivity index (χ0n) is 12.0. The maximum absolute atomic E-state index is 12.3. The molecule has 3 N–H and O–H groups in total. The van der Waals surface area contributed by atoms with Crippen LogP contribution in [0.2, 0.25) is 0 Å². The van der Waals surface area contributed by atoms with Gasteiger partial charge in [0.05, 0.1) is 6.61 Å². The number of nitrogens with two attached hydrogens (primary N) is 1. The molecule has 0 aliphatic heterocycles. The summed E-state index contributed by atoms with van der Waals surface area (Å²) in [5, 5.41) is 9.66. The molecule has 1 aromatic rings. The van der Waals surface area contributed by atoms with Gasteiger partial charge in [0.1, 0.15) is 5.00 Å². The summed E-state index contributed by atoms with van der Waals surface area (Å²) in [6, 6.07) is 0. The van der Waals surface area contributed by atoms with Gasteiger partial charge in [-0.15, -0.1) is 0 Å². The standard InChI is InChI=1S/C11H22N4O3S2/c1-4-5-6-15(7-8-16)11-9(10(12)13-19-11)20(17,18)14(2)3/h16H,4-8H2,1-3H3,(H2,12,13). The molecule has 1 rings (SSSR count). The molecule has 9 heteroatoms. The van der Waals surface area contributed by atoms with E-state index >= 15 is 0 Å². The van der Waals surface area contributed by atoms with E-state index in [-0.39, 0.29) is 17.3 Å². The largest absolute Gasteiger partial charge is 0.395 e. The molecule has 0 aliphatic rings. The summed E-state index contributed by atoms with van der Waals surface area (Å²) in [5.41, 5.74) is 5.73. The highest BCUT2D eigenvalue weighted by Crippen LogP contribution is 2.35. The Balaban J connectivity index is 3.24. The van der Waals surface area contributed by atoms with Crippen molar-refractivity contribution in [1.82, 2.24) is 8.68 Å².